The fourth-order valence-corrected chi connectivity index (χ4v) is 3.86. The topological polar surface area (TPSA) is 76.8 Å². The van der Waals surface area contributed by atoms with Gasteiger partial charge in [0.1, 0.15) is 5.82 Å². The van der Waals surface area contributed by atoms with Gasteiger partial charge in [-0.25, -0.2) is 19.6 Å². The average molecular weight is 410 g/mol. The van der Waals surface area contributed by atoms with Crippen molar-refractivity contribution in [2.75, 3.05) is 4.90 Å². The van der Waals surface area contributed by atoms with Crippen LogP contribution in [0.2, 0.25) is 0 Å². The lowest BCUT2D eigenvalue weighted by atomic mass is 9.97. The van der Waals surface area contributed by atoms with Crippen LogP contribution in [0.4, 0.5) is 5.82 Å². The van der Waals surface area contributed by atoms with Gasteiger partial charge in [0.2, 0.25) is 5.91 Å². The molecule has 0 saturated heterocycles. The smallest absolute Gasteiger partial charge is 0.233 e. The van der Waals surface area contributed by atoms with Crippen molar-refractivity contribution in [1.82, 2.24) is 24.7 Å². The van der Waals surface area contributed by atoms with E-state index in [0.717, 1.165) is 22.5 Å². The van der Waals surface area contributed by atoms with Gasteiger partial charge in [-0.15, -0.1) is 0 Å². The number of benzene rings is 1. The predicted octanol–water partition coefficient (Wildman–Crippen LogP) is 3.94. The van der Waals surface area contributed by atoms with Crippen molar-refractivity contribution < 1.29 is 4.79 Å². The molecule has 0 saturated carbocycles. The molecule has 0 unspecified atom stereocenters. The summed E-state index contributed by atoms with van der Waals surface area (Å²) < 4.78 is 1.70. The van der Waals surface area contributed by atoms with Gasteiger partial charge < -0.3 is 0 Å². The lowest BCUT2D eigenvalue weighted by Crippen LogP contribution is -2.26. The number of anilines is 1. The molecule has 1 aliphatic rings. The van der Waals surface area contributed by atoms with Crippen molar-refractivity contribution in [2.24, 2.45) is 0 Å². The summed E-state index contributed by atoms with van der Waals surface area (Å²) >= 11 is 0. The number of carbonyl (C=O) groups is 1. The van der Waals surface area contributed by atoms with Crippen LogP contribution in [0.15, 0.2) is 67.3 Å². The second-order valence-electron chi connectivity index (χ2n) is 7.92. The number of hydrogen-bond donors (Lipinski definition) is 0. The van der Waals surface area contributed by atoms with E-state index in [-0.39, 0.29) is 5.91 Å². The molecule has 0 spiro atoms. The monoisotopic (exact) mass is 410 g/mol. The van der Waals surface area contributed by atoms with Crippen molar-refractivity contribution in [3.8, 4) is 17.2 Å². The van der Waals surface area contributed by atoms with Crippen LogP contribution in [0.1, 0.15) is 36.5 Å². The Morgan fingerprint density at radius 1 is 1.03 bits per heavy atom. The van der Waals surface area contributed by atoms with E-state index in [1.807, 2.05) is 42.6 Å². The maximum Gasteiger partial charge on any atom is 0.233 e. The van der Waals surface area contributed by atoms with Gasteiger partial charge in [-0.2, -0.15) is 5.10 Å². The van der Waals surface area contributed by atoms with Crippen LogP contribution < -0.4 is 4.90 Å². The Morgan fingerprint density at radius 3 is 2.65 bits per heavy atom. The highest BCUT2D eigenvalue weighted by atomic mass is 16.2. The minimum absolute atomic E-state index is 0.0229. The zero-order valence-electron chi connectivity index (χ0n) is 17.4. The first-order valence-electron chi connectivity index (χ1n) is 10.3. The van der Waals surface area contributed by atoms with Crippen LogP contribution in [-0.4, -0.2) is 30.6 Å². The van der Waals surface area contributed by atoms with Crippen LogP contribution in [0.3, 0.4) is 0 Å². The summed E-state index contributed by atoms with van der Waals surface area (Å²) in [7, 11) is 0. The molecule has 3 aromatic heterocycles. The first-order chi connectivity index (χ1) is 15.1. The van der Waals surface area contributed by atoms with E-state index >= 15 is 0 Å². The van der Waals surface area contributed by atoms with E-state index in [4.69, 9.17) is 4.98 Å². The lowest BCUT2D eigenvalue weighted by molar-refractivity contribution is -0.117. The molecule has 0 fully saturated rings. The number of nitrogens with zero attached hydrogens (tertiary/aromatic N) is 6. The van der Waals surface area contributed by atoms with Crippen molar-refractivity contribution >= 4 is 11.7 Å². The molecule has 31 heavy (non-hydrogen) atoms. The van der Waals surface area contributed by atoms with Crippen molar-refractivity contribution in [3.05, 3.63) is 83.9 Å². The van der Waals surface area contributed by atoms with E-state index in [2.05, 4.69) is 35.0 Å². The zero-order chi connectivity index (χ0) is 21.4. The Labute approximate surface area is 180 Å². The summed E-state index contributed by atoms with van der Waals surface area (Å²) in [6, 6.07) is 13.9. The van der Waals surface area contributed by atoms with Crippen LogP contribution >= 0.6 is 0 Å². The third-order valence-electron chi connectivity index (χ3n) is 5.45. The predicted molar refractivity (Wildman–Crippen MR) is 118 cm³/mol. The number of aromatic nitrogens is 5. The van der Waals surface area contributed by atoms with Gasteiger partial charge in [0.15, 0.2) is 11.6 Å². The molecule has 0 N–H and O–H groups in total. The molecular formula is C24H22N6O. The highest BCUT2D eigenvalue weighted by Crippen LogP contribution is 2.32. The van der Waals surface area contributed by atoms with E-state index in [9.17, 15) is 4.79 Å². The number of hydrogen-bond acceptors (Lipinski definition) is 5. The van der Waals surface area contributed by atoms with Gasteiger partial charge in [-0.3, -0.25) is 9.69 Å². The summed E-state index contributed by atoms with van der Waals surface area (Å²) in [6.07, 6.45) is 7.43. The maximum atomic E-state index is 12.7. The molecular weight excluding hydrogens is 388 g/mol. The SMILES string of the molecule is CC(C)c1ccccc1-c1ncc2c(n1)N(Cc1ccc(-n3cccn3)nc1)C(=O)C2. The summed E-state index contributed by atoms with van der Waals surface area (Å²) in [5, 5.41) is 4.19. The Morgan fingerprint density at radius 2 is 1.90 bits per heavy atom. The second kappa shape index (κ2) is 7.75. The minimum Gasteiger partial charge on any atom is -0.292 e. The molecule has 4 heterocycles. The quantitative estimate of drug-likeness (QED) is 0.498. The molecule has 1 aromatic carbocycles. The second-order valence-corrected chi connectivity index (χ2v) is 7.92. The number of pyridine rings is 1. The molecule has 4 aromatic rings. The first kappa shape index (κ1) is 19.1. The molecule has 1 amide bonds. The van der Waals surface area contributed by atoms with Gasteiger partial charge in [0, 0.05) is 35.9 Å². The Hall–Kier alpha value is -3.87. The minimum atomic E-state index is 0.0229. The van der Waals surface area contributed by atoms with Gasteiger partial charge in [0.25, 0.3) is 0 Å². The number of fused-ring (bicyclic) bond motifs is 1. The summed E-state index contributed by atoms with van der Waals surface area (Å²) in [5.41, 5.74) is 3.98. The van der Waals surface area contributed by atoms with Crippen molar-refractivity contribution in [3.63, 3.8) is 0 Å². The van der Waals surface area contributed by atoms with E-state index in [1.54, 1.807) is 28.2 Å². The number of amides is 1. The summed E-state index contributed by atoms with van der Waals surface area (Å²) in [4.78, 5) is 28.3. The Kier molecular flexibility index (Phi) is 4.78. The summed E-state index contributed by atoms with van der Waals surface area (Å²) in [6.45, 7) is 4.73. The van der Waals surface area contributed by atoms with Crippen LogP contribution in [0.5, 0.6) is 0 Å². The van der Waals surface area contributed by atoms with Crippen molar-refractivity contribution in [1.29, 1.82) is 0 Å². The zero-order valence-corrected chi connectivity index (χ0v) is 17.4. The third kappa shape index (κ3) is 3.59. The highest BCUT2D eigenvalue weighted by Gasteiger charge is 2.30. The molecule has 154 valence electrons. The summed E-state index contributed by atoms with van der Waals surface area (Å²) in [5.74, 6) is 2.44. The molecule has 0 aliphatic carbocycles. The first-order valence-corrected chi connectivity index (χ1v) is 10.3. The fourth-order valence-electron chi connectivity index (χ4n) is 3.86. The largest absolute Gasteiger partial charge is 0.292 e. The third-order valence-corrected chi connectivity index (χ3v) is 5.45. The standard InChI is InChI=1S/C24H22N6O/c1-16(2)19-6-3-4-7-20(19)23-26-14-18-12-22(31)29(24(18)28-23)15-17-8-9-21(25-13-17)30-11-5-10-27-30/h3-11,13-14,16H,12,15H2,1-2H3. The molecule has 0 radical (unpaired) electrons. The Balaban J connectivity index is 1.45. The van der Waals surface area contributed by atoms with Crippen molar-refractivity contribution in [2.45, 2.75) is 32.7 Å². The maximum absolute atomic E-state index is 12.7. The molecule has 1 aliphatic heterocycles. The number of rotatable bonds is 5. The van der Waals surface area contributed by atoms with E-state index in [0.29, 0.717) is 30.5 Å². The van der Waals surface area contributed by atoms with Gasteiger partial charge >= 0.3 is 0 Å². The van der Waals surface area contributed by atoms with E-state index < -0.39 is 0 Å². The van der Waals surface area contributed by atoms with Gasteiger partial charge in [-0.05, 0) is 29.2 Å². The van der Waals surface area contributed by atoms with Crippen LogP contribution in [0, 0.1) is 0 Å². The van der Waals surface area contributed by atoms with Gasteiger partial charge in [0.05, 0.1) is 13.0 Å². The normalized spacial score (nSPS) is 13.1. The average Bonchev–Trinajstić information content (AvgIpc) is 3.43. The molecule has 7 heteroatoms. The fraction of sp³-hybridized carbons (Fsp3) is 0.208. The van der Waals surface area contributed by atoms with Crippen LogP contribution in [-0.2, 0) is 17.8 Å². The number of carbonyl (C=O) groups excluding carboxylic acids is 1. The van der Waals surface area contributed by atoms with Gasteiger partial charge in [-0.1, -0.05) is 44.2 Å². The Bertz CT molecular complexity index is 1230. The molecule has 5 rings (SSSR count). The molecule has 0 atom stereocenters. The lowest BCUT2D eigenvalue weighted by Gasteiger charge is -2.18. The highest BCUT2D eigenvalue weighted by molar-refractivity contribution is 6.00. The molecule has 7 nitrogen and oxygen atoms in total. The van der Waals surface area contributed by atoms with E-state index in [1.165, 1.54) is 5.56 Å². The van der Waals surface area contributed by atoms with Crippen LogP contribution in [0.25, 0.3) is 17.2 Å². The molecule has 0 bridgehead atoms.